The predicted octanol–water partition coefficient (Wildman–Crippen LogP) is 0.770. The minimum atomic E-state index is -0.577. The number of aliphatic imine (C=N–C) groups is 1. The van der Waals surface area contributed by atoms with Crippen molar-refractivity contribution in [3.05, 3.63) is 35.4 Å². The molecule has 0 bridgehead atoms. The molecule has 0 radical (unpaired) electrons. The number of guanidine groups is 1. The Morgan fingerprint density at radius 2 is 2.00 bits per heavy atom. The summed E-state index contributed by atoms with van der Waals surface area (Å²) in [6, 6.07) is 7.07. The first-order valence-corrected chi connectivity index (χ1v) is 9.95. The highest BCUT2D eigenvalue weighted by molar-refractivity contribution is 14.0. The molecule has 2 amide bonds. The van der Waals surface area contributed by atoms with E-state index in [4.69, 9.17) is 15.2 Å². The number of primary amides is 1. The summed E-state index contributed by atoms with van der Waals surface area (Å²) >= 11 is 0. The predicted molar refractivity (Wildman–Crippen MR) is 126 cm³/mol. The van der Waals surface area contributed by atoms with Crippen LogP contribution in [0.1, 0.15) is 35.7 Å². The van der Waals surface area contributed by atoms with Crippen molar-refractivity contribution in [3.63, 3.8) is 0 Å². The van der Waals surface area contributed by atoms with Gasteiger partial charge in [0.25, 0.3) is 5.91 Å². The largest absolute Gasteiger partial charge is 0.379 e. The van der Waals surface area contributed by atoms with Crippen LogP contribution in [0.25, 0.3) is 0 Å². The van der Waals surface area contributed by atoms with Crippen molar-refractivity contribution in [2.24, 2.45) is 10.7 Å². The average Bonchev–Trinajstić information content (AvgIpc) is 3.23. The molecule has 168 valence electrons. The molecule has 1 aromatic rings. The molecule has 1 heterocycles. The summed E-state index contributed by atoms with van der Waals surface area (Å²) < 4.78 is 11.0. The summed E-state index contributed by atoms with van der Waals surface area (Å²) in [6.07, 6.45) is 2.09. The van der Waals surface area contributed by atoms with Crippen LogP contribution in [0.5, 0.6) is 0 Å². The van der Waals surface area contributed by atoms with Crippen LogP contribution >= 0.6 is 24.0 Å². The Morgan fingerprint density at radius 1 is 1.23 bits per heavy atom. The number of halogens is 1. The summed E-state index contributed by atoms with van der Waals surface area (Å²) in [5, 5.41) is 8.96. The molecule has 1 aliphatic rings. The molecular formula is C20H32IN5O4. The maximum absolute atomic E-state index is 11.9. The van der Waals surface area contributed by atoms with Crippen molar-refractivity contribution < 1.29 is 19.1 Å². The number of ether oxygens (including phenoxy) is 2. The van der Waals surface area contributed by atoms with E-state index < -0.39 is 5.91 Å². The summed E-state index contributed by atoms with van der Waals surface area (Å²) in [5.74, 6) is -0.174. The molecule has 1 atom stereocenters. The molecule has 2 rings (SSSR count). The summed E-state index contributed by atoms with van der Waals surface area (Å²) in [5.41, 5.74) is 6.46. The van der Waals surface area contributed by atoms with Crippen LogP contribution in [-0.2, 0) is 20.8 Å². The molecule has 0 spiro atoms. The lowest BCUT2D eigenvalue weighted by atomic mass is 10.1. The second kappa shape index (κ2) is 15.0. The van der Waals surface area contributed by atoms with Crippen LogP contribution in [-0.4, -0.2) is 63.3 Å². The number of nitrogens with zero attached hydrogens (tertiary/aromatic N) is 1. The lowest BCUT2D eigenvalue weighted by Crippen LogP contribution is -2.38. The van der Waals surface area contributed by atoms with Gasteiger partial charge in [0.05, 0.1) is 25.8 Å². The molecule has 1 saturated heterocycles. The highest BCUT2D eigenvalue weighted by atomic mass is 127. The number of hydrogen-bond donors (Lipinski definition) is 4. The van der Waals surface area contributed by atoms with Crippen molar-refractivity contribution in [2.75, 3.05) is 39.5 Å². The zero-order valence-electron chi connectivity index (χ0n) is 17.3. The van der Waals surface area contributed by atoms with E-state index >= 15 is 0 Å². The monoisotopic (exact) mass is 533 g/mol. The van der Waals surface area contributed by atoms with Crippen LogP contribution in [0.3, 0.4) is 0 Å². The molecule has 0 aromatic heterocycles. The lowest BCUT2D eigenvalue weighted by molar-refractivity contribution is -0.117. The number of nitrogens with two attached hydrogens (primary N) is 1. The minimum absolute atomic E-state index is 0. The molecule has 1 fully saturated rings. The second-order valence-electron chi connectivity index (χ2n) is 6.68. The Labute approximate surface area is 194 Å². The number of amides is 2. The number of rotatable bonds is 11. The quantitative estimate of drug-likeness (QED) is 0.144. The SMILES string of the molecule is CCNC(=NCc1ccc(C(=O)NCC(N)=O)cc1)NCCCOC1CCOC1.I. The summed E-state index contributed by atoms with van der Waals surface area (Å²) in [6.45, 7) is 6.03. The van der Waals surface area contributed by atoms with Gasteiger partial charge in [-0.25, -0.2) is 4.99 Å². The van der Waals surface area contributed by atoms with E-state index in [1.165, 1.54) is 0 Å². The van der Waals surface area contributed by atoms with Gasteiger partial charge < -0.3 is 31.2 Å². The van der Waals surface area contributed by atoms with Gasteiger partial charge >= 0.3 is 0 Å². The summed E-state index contributed by atoms with van der Waals surface area (Å²) in [4.78, 5) is 27.2. The van der Waals surface area contributed by atoms with Gasteiger partial charge in [-0.3, -0.25) is 9.59 Å². The van der Waals surface area contributed by atoms with E-state index in [1.54, 1.807) is 12.1 Å². The number of hydrogen-bond acceptors (Lipinski definition) is 5. The second-order valence-corrected chi connectivity index (χ2v) is 6.68. The highest BCUT2D eigenvalue weighted by Gasteiger charge is 2.15. The van der Waals surface area contributed by atoms with Gasteiger partial charge in [-0.2, -0.15) is 0 Å². The van der Waals surface area contributed by atoms with E-state index in [2.05, 4.69) is 20.9 Å². The third kappa shape index (κ3) is 10.2. The maximum Gasteiger partial charge on any atom is 0.251 e. The number of carbonyl (C=O) groups is 2. The number of benzene rings is 1. The van der Waals surface area contributed by atoms with Crippen LogP contribution in [0.15, 0.2) is 29.3 Å². The molecule has 9 nitrogen and oxygen atoms in total. The molecule has 5 N–H and O–H groups in total. The lowest BCUT2D eigenvalue weighted by Gasteiger charge is -2.13. The summed E-state index contributed by atoms with van der Waals surface area (Å²) in [7, 11) is 0. The van der Waals surface area contributed by atoms with Crippen molar-refractivity contribution >= 4 is 41.8 Å². The van der Waals surface area contributed by atoms with E-state index in [1.807, 2.05) is 19.1 Å². The number of nitrogens with one attached hydrogen (secondary N) is 3. The van der Waals surface area contributed by atoms with Gasteiger partial charge in [-0.05, 0) is 37.5 Å². The van der Waals surface area contributed by atoms with Crippen LogP contribution in [0.2, 0.25) is 0 Å². The Morgan fingerprint density at radius 3 is 2.63 bits per heavy atom. The third-order valence-electron chi connectivity index (χ3n) is 4.26. The van der Waals surface area contributed by atoms with E-state index in [-0.39, 0.29) is 42.5 Å². The first kappa shape index (κ1) is 26.1. The molecular weight excluding hydrogens is 501 g/mol. The standard InChI is InChI=1S/C20H31N5O4.HI/c1-2-22-20(23-9-3-10-29-17-8-11-28-14-17)25-12-15-4-6-16(7-5-15)19(27)24-13-18(21)26;/h4-7,17H,2-3,8-14H2,1H3,(H2,21,26)(H,24,27)(H2,22,23,25);1H. The van der Waals surface area contributed by atoms with Gasteiger partial charge in [0.15, 0.2) is 5.96 Å². The van der Waals surface area contributed by atoms with Crippen molar-refractivity contribution in [1.29, 1.82) is 0 Å². The van der Waals surface area contributed by atoms with E-state index in [0.717, 1.165) is 44.1 Å². The fourth-order valence-corrected chi connectivity index (χ4v) is 2.72. The minimum Gasteiger partial charge on any atom is -0.379 e. The van der Waals surface area contributed by atoms with Gasteiger partial charge in [-0.1, -0.05) is 12.1 Å². The molecule has 1 unspecified atom stereocenters. The molecule has 0 aliphatic carbocycles. The molecule has 1 aliphatic heterocycles. The van der Waals surface area contributed by atoms with Crippen molar-refractivity contribution in [3.8, 4) is 0 Å². The van der Waals surface area contributed by atoms with Crippen molar-refractivity contribution in [1.82, 2.24) is 16.0 Å². The fraction of sp³-hybridized carbons (Fsp3) is 0.550. The van der Waals surface area contributed by atoms with E-state index in [0.29, 0.717) is 25.3 Å². The average molecular weight is 533 g/mol. The first-order valence-electron chi connectivity index (χ1n) is 9.95. The van der Waals surface area contributed by atoms with Crippen molar-refractivity contribution in [2.45, 2.75) is 32.4 Å². The van der Waals surface area contributed by atoms with Crippen LogP contribution in [0, 0.1) is 0 Å². The number of carbonyl (C=O) groups excluding carboxylic acids is 2. The van der Waals surface area contributed by atoms with Gasteiger partial charge in [-0.15, -0.1) is 24.0 Å². The molecule has 10 heteroatoms. The first-order chi connectivity index (χ1) is 14.1. The zero-order chi connectivity index (χ0) is 20.9. The maximum atomic E-state index is 11.9. The fourth-order valence-electron chi connectivity index (χ4n) is 2.72. The van der Waals surface area contributed by atoms with Gasteiger partial charge in [0, 0.05) is 31.9 Å². The zero-order valence-corrected chi connectivity index (χ0v) is 19.6. The smallest absolute Gasteiger partial charge is 0.251 e. The highest BCUT2D eigenvalue weighted by Crippen LogP contribution is 2.08. The molecule has 30 heavy (non-hydrogen) atoms. The van der Waals surface area contributed by atoms with E-state index in [9.17, 15) is 9.59 Å². The molecule has 0 saturated carbocycles. The Hall–Kier alpha value is -1.92. The van der Waals surface area contributed by atoms with Crippen LogP contribution in [0.4, 0.5) is 0 Å². The third-order valence-corrected chi connectivity index (χ3v) is 4.26. The Kier molecular flexibility index (Phi) is 13.0. The van der Waals surface area contributed by atoms with Gasteiger partial charge in [0.2, 0.25) is 5.91 Å². The van der Waals surface area contributed by atoms with Gasteiger partial charge in [0.1, 0.15) is 0 Å². The Bertz CT molecular complexity index is 678. The van der Waals surface area contributed by atoms with Crippen LogP contribution < -0.4 is 21.7 Å². The Balaban J connectivity index is 0.00000450. The normalized spacial score (nSPS) is 15.9. The molecule has 1 aromatic carbocycles. The topological polar surface area (TPSA) is 127 Å².